The molecule has 2 aromatic rings. The van der Waals surface area contributed by atoms with Gasteiger partial charge >= 0.3 is 5.97 Å². The molecule has 2 aliphatic rings. The molecular formula is C25H23ClF2N2O2. The number of nitrogens with zero attached hydrogens (tertiary/aromatic N) is 2. The summed E-state index contributed by atoms with van der Waals surface area (Å²) in [6, 6.07) is 13.0. The van der Waals surface area contributed by atoms with Crippen molar-refractivity contribution in [3.05, 3.63) is 59.4 Å². The topological polar surface area (TPSA) is 63.0 Å². The van der Waals surface area contributed by atoms with Gasteiger partial charge in [0, 0.05) is 40.6 Å². The van der Waals surface area contributed by atoms with Gasteiger partial charge in [0.2, 0.25) is 0 Å². The van der Waals surface area contributed by atoms with Crippen molar-refractivity contribution >= 4 is 23.6 Å². The first-order valence-corrected chi connectivity index (χ1v) is 10.9. The van der Waals surface area contributed by atoms with Crippen molar-refractivity contribution in [2.45, 2.75) is 38.7 Å². The second-order valence-corrected chi connectivity index (χ2v) is 9.15. The average Bonchev–Trinajstić information content (AvgIpc) is 2.98. The van der Waals surface area contributed by atoms with Crippen LogP contribution in [-0.2, 0) is 9.53 Å². The van der Waals surface area contributed by atoms with Gasteiger partial charge in [0.05, 0.1) is 23.6 Å². The average molecular weight is 457 g/mol. The zero-order chi connectivity index (χ0) is 23.1. The molecule has 0 spiro atoms. The SMILES string of the molecule is C[C@H]1OC(=O)[C@]2(CC#N)CC(F)(F)[C@@H](C)[C@H](/C=C/c3ccc(-c4ccccc4Cl)cn3)[C@H]12. The molecule has 4 rings (SSSR count). The quantitative estimate of drug-likeness (QED) is 0.516. The van der Waals surface area contributed by atoms with Crippen molar-refractivity contribution in [3.8, 4) is 17.2 Å². The lowest BCUT2D eigenvalue weighted by Gasteiger charge is -2.47. The maximum atomic E-state index is 15.0. The summed E-state index contributed by atoms with van der Waals surface area (Å²) in [5, 5.41) is 9.91. The number of fused-ring (bicyclic) bond motifs is 1. The molecule has 0 amide bonds. The number of aromatic nitrogens is 1. The number of hydrogen-bond donors (Lipinski definition) is 0. The minimum Gasteiger partial charge on any atom is -0.462 e. The number of carbonyl (C=O) groups is 1. The Bertz CT molecular complexity index is 1100. The molecule has 7 heteroatoms. The van der Waals surface area contributed by atoms with E-state index < -0.39 is 47.6 Å². The van der Waals surface area contributed by atoms with Crippen molar-refractivity contribution in [1.29, 1.82) is 5.26 Å². The summed E-state index contributed by atoms with van der Waals surface area (Å²) in [4.78, 5) is 17.0. The fourth-order valence-electron chi connectivity index (χ4n) is 5.24. The van der Waals surface area contributed by atoms with E-state index >= 15 is 0 Å². The second kappa shape index (κ2) is 8.29. The molecule has 32 heavy (non-hydrogen) atoms. The van der Waals surface area contributed by atoms with Gasteiger partial charge in [-0.2, -0.15) is 5.26 Å². The van der Waals surface area contributed by atoms with Crippen molar-refractivity contribution < 1.29 is 18.3 Å². The minimum atomic E-state index is -3.09. The van der Waals surface area contributed by atoms with Crippen LogP contribution in [0.25, 0.3) is 17.2 Å². The lowest BCUT2D eigenvalue weighted by Crippen LogP contribution is -2.53. The van der Waals surface area contributed by atoms with Gasteiger partial charge in [0.25, 0.3) is 5.92 Å². The van der Waals surface area contributed by atoms with Gasteiger partial charge in [0.1, 0.15) is 6.10 Å². The Morgan fingerprint density at radius 3 is 2.69 bits per heavy atom. The summed E-state index contributed by atoms with van der Waals surface area (Å²) < 4.78 is 35.3. The van der Waals surface area contributed by atoms with E-state index in [4.69, 9.17) is 16.3 Å². The fourth-order valence-corrected chi connectivity index (χ4v) is 5.48. The summed E-state index contributed by atoms with van der Waals surface area (Å²) in [5.74, 6) is -5.92. The maximum absolute atomic E-state index is 15.0. The Morgan fingerprint density at radius 1 is 1.28 bits per heavy atom. The van der Waals surface area contributed by atoms with Crippen LogP contribution in [0.2, 0.25) is 5.02 Å². The number of allylic oxidation sites excluding steroid dienone is 1. The largest absolute Gasteiger partial charge is 0.462 e. The highest BCUT2D eigenvalue weighted by atomic mass is 35.5. The fraction of sp³-hybridized carbons (Fsp3) is 0.400. The first kappa shape index (κ1) is 22.4. The van der Waals surface area contributed by atoms with E-state index in [0.717, 1.165) is 11.1 Å². The van der Waals surface area contributed by atoms with Crippen LogP contribution >= 0.6 is 11.6 Å². The Hall–Kier alpha value is -2.78. The zero-order valence-electron chi connectivity index (χ0n) is 17.8. The van der Waals surface area contributed by atoms with Crippen molar-refractivity contribution in [2.24, 2.45) is 23.2 Å². The predicted octanol–water partition coefficient (Wildman–Crippen LogP) is 6.17. The van der Waals surface area contributed by atoms with Crippen LogP contribution in [0.5, 0.6) is 0 Å². The molecule has 166 valence electrons. The number of esters is 1. The molecular weight excluding hydrogens is 434 g/mol. The molecule has 0 radical (unpaired) electrons. The Labute approximate surface area is 190 Å². The summed E-state index contributed by atoms with van der Waals surface area (Å²) >= 11 is 6.24. The van der Waals surface area contributed by atoms with Gasteiger partial charge in [0.15, 0.2) is 0 Å². The second-order valence-electron chi connectivity index (χ2n) is 8.74. The van der Waals surface area contributed by atoms with Crippen LogP contribution in [0.4, 0.5) is 8.78 Å². The highest BCUT2D eigenvalue weighted by molar-refractivity contribution is 6.33. The molecule has 2 heterocycles. The van der Waals surface area contributed by atoms with E-state index in [1.165, 1.54) is 6.92 Å². The smallest absolute Gasteiger partial charge is 0.314 e. The molecule has 1 aromatic carbocycles. The molecule has 0 unspecified atom stereocenters. The third-order valence-corrected chi connectivity index (χ3v) is 7.24. The summed E-state index contributed by atoms with van der Waals surface area (Å²) in [5.41, 5.74) is 0.822. The highest BCUT2D eigenvalue weighted by Crippen LogP contribution is 2.60. The standard InChI is InChI=1S/C25H23ClF2N2O2/c1-15-19(22-16(2)32-23(31)24(22,11-12-29)14-25(15,27)28)10-9-18-8-7-17(13-30-18)20-5-3-4-6-21(20)26/h3-10,13,15-16,19,22H,11,14H2,1-2H3/b10-9+/t15-,16+,19-,22-,24+/m0/s1. The monoisotopic (exact) mass is 456 g/mol. The number of hydrogen-bond acceptors (Lipinski definition) is 4. The number of pyridine rings is 1. The molecule has 4 nitrogen and oxygen atoms in total. The van der Waals surface area contributed by atoms with Gasteiger partial charge in [-0.25, -0.2) is 8.78 Å². The Balaban J connectivity index is 1.65. The highest BCUT2D eigenvalue weighted by Gasteiger charge is 2.67. The van der Waals surface area contributed by atoms with Crippen LogP contribution in [0.15, 0.2) is 48.7 Å². The number of benzene rings is 1. The van der Waals surface area contributed by atoms with Crippen LogP contribution in [0.1, 0.15) is 32.4 Å². The lowest BCUT2D eigenvalue weighted by atomic mass is 9.55. The molecule has 5 atom stereocenters. The number of cyclic esters (lactones) is 1. The lowest BCUT2D eigenvalue weighted by molar-refractivity contribution is -0.170. The number of rotatable bonds is 4. The van der Waals surface area contributed by atoms with E-state index in [2.05, 4.69) is 4.98 Å². The minimum absolute atomic E-state index is 0.279. The Kier molecular flexibility index (Phi) is 5.81. The number of ether oxygens (including phenoxy) is 1. The van der Waals surface area contributed by atoms with Crippen LogP contribution in [0.3, 0.4) is 0 Å². The number of alkyl halides is 2. The van der Waals surface area contributed by atoms with Gasteiger partial charge in [-0.1, -0.05) is 48.9 Å². The van der Waals surface area contributed by atoms with E-state index in [1.54, 1.807) is 37.4 Å². The molecule has 1 aliphatic carbocycles. The predicted molar refractivity (Wildman–Crippen MR) is 118 cm³/mol. The van der Waals surface area contributed by atoms with Crippen LogP contribution in [-0.4, -0.2) is 23.0 Å². The summed E-state index contributed by atoms with van der Waals surface area (Å²) in [6.07, 6.45) is 3.61. The van der Waals surface area contributed by atoms with Gasteiger partial charge in [-0.15, -0.1) is 0 Å². The maximum Gasteiger partial charge on any atom is 0.314 e. The molecule has 0 N–H and O–H groups in total. The third kappa shape index (κ3) is 3.69. The third-order valence-electron chi connectivity index (χ3n) is 6.91. The first-order valence-electron chi connectivity index (χ1n) is 10.5. The van der Waals surface area contributed by atoms with Gasteiger partial charge in [-0.3, -0.25) is 9.78 Å². The zero-order valence-corrected chi connectivity index (χ0v) is 18.5. The molecule has 0 bridgehead atoms. The van der Waals surface area contributed by atoms with E-state index in [1.807, 2.05) is 30.3 Å². The van der Waals surface area contributed by atoms with E-state index in [-0.39, 0.29) is 6.42 Å². The van der Waals surface area contributed by atoms with Crippen molar-refractivity contribution in [2.75, 3.05) is 0 Å². The summed E-state index contributed by atoms with van der Waals surface area (Å²) in [7, 11) is 0. The van der Waals surface area contributed by atoms with Crippen molar-refractivity contribution in [3.63, 3.8) is 0 Å². The van der Waals surface area contributed by atoms with Crippen LogP contribution < -0.4 is 0 Å². The Morgan fingerprint density at radius 2 is 2.03 bits per heavy atom. The number of carbonyl (C=O) groups excluding carboxylic acids is 1. The first-order chi connectivity index (χ1) is 15.2. The summed E-state index contributed by atoms with van der Waals surface area (Å²) in [6.45, 7) is 3.21. The molecule has 1 aliphatic heterocycles. The number of nitriles is 1. The van der Waals surface area contributed by atoms with Gasteiger partial charge < -0.3 is 4.74 Å². The van der Waals surface area contributed by atoms with E-state index in [9.17, 15) is 18.8 Å². The van der Waals surface area contributed by atoms with Crippen molar-refractivity contribution in [1.82, 2.24) is 4.98 Å². The molecule has 1 saturated heterocycles. The normalized spacial score (nSPS) is 31.2. The molecule has 1 saturated carbocycles. The van der Waals surface area contributed by atoms with Gasteiger partial charge in [-0.05, 0) is 31.1 Å². The molecule has 2 fully saturated rings. The number of halogens is 3. The molecule has 1 aromatic heterocycles. The van der Waals surface area contributed by atoms with E-state index in [0.29, 0.717) is 10.7 Å². The van der Waals surface area contributed by atoms with Crippen LogP contribution in [0, 0.1) is 34.5 Å².